The van der Waals surface area contributed by atoms with Gasteiger partial charge in [-0.05, 0) is 60.5 Å². The number of aromatic nitrogens is 1. The number of carbonyl (C=O) groups is 2. The zero-order chi connectivity index (χ0) is 24.5. The van der Waals surface area contributed by atoms with Crippen molar-refractivity contribution in [3.63, 3.8) is 0 Å². The number of likely N-dealkylation sites (tertiary alicyclic amines) is 1. The molecule has 8 nitrogen and oxygen atoms in total. The molecule has 2 aromatic carbocycles. The van der Waals surface area contributed by atoms with Crippen LogP contribution in [0.3, 0.4) is 0 Å². The highest BCUT2D eigenvalue weighted by molar-refractivity contribution is 7.89. The summed E-state index contributed by atoms with van der Waals surface area (Å²) in [6.45, 7) is 2.25. The highest BCUT2D eigenvalue weighted by Crippen LogP contribution is 2.24. The molecule has 1 aliphatic rings. The Bertz CT molecular complexity index is 1330. The van der Waals surface area contributed by atoms with E-state index in [-0.39, 0.29) is 23.8 Å². The van der Waals surface area contributed by atoms with Crippen LogP contribution in [0.5, 0.6) is 0 Å². The van der Waals surface area contributed by atoms with Gasteiger partial charge in [-0.25, -0.2) is 8.42 Å². The summed E-state index contributed by atoms with van der Waals surface area (Å²) in [5, 5.41) is 2.10. The topological polar surface area (TPSA) is 99.7 Å². The van der Waals surface area contributed by atoms with Gasteiger partial charge in [-0.1, -0.05) is 29.8 Å². The van der Waals surface area contributed by atoms with Crippen molar-refractivity contribution in [1.29, 1.82) is 0 Å². The van der Waals surface area contributed by atoms with Crippen LogP contribution in [0.1, 0.15) is 19.0 Å². The van der Waals surface area contributed by atoms with Crippen molar-refractivity contribution in [1.82, 2.24) is 19.5 Å². The number of fused-ring (bicyclic) bond motifs is 1. The van der Waals surface area contributed by atoms with Gasteiger partial charge in [-0.2, -0.15) is 4.72 Å². The Balaban J connectivity index is 1.43. The van der Waals surface area contributed by atoms with E-state index in [9.17, 15) is 18.0 Å². The van der Waals surface area contributed by atoms with Crippen LogP contribution in [-0.2, 0) is 26.2 Å². The lowest BCUT2D eigenvalue weighted by Gasteiger charge is -2.28. The molecule has 178 valence electrons. The van der Waals surface area contributed by atoms with Crippen molar-refractivity contribution in [3.8, 4) is 0 Å². The average Bonchev–Trinajstić information content (AvgIpc) is 3.17. The largest absolute Gasteiger partial charge is 0.338 e. The third kappa shape index (κ3) is 5.06. The van der Waals surface area contributed by atoms with Crippen LogP contribution in [0.25, 0.3) is 10.8 Å². The summed E-state index contributed by atoms with van der Waals surface area (Å²) in [5.41, 5.74) is 0.738. The Labute approximate surface area is 203 Å². The molecule has 10 heteroatoms. The summed E-state index contributed by atoms with van der Waals surface area (Å²) in [6, 6.07) is 13.7. The van der Waals surface area contributed by atoms with E-state index in [0.29, 0.717) is 11.6 Å². The first kappa shape index (κ1) is 24.1. The van der Waals surface area contributed by atoms with Crippen LogP contribution in [0.4, 0.5) is 0 Å². The average molecular weight is 501 g/mol. The SMILES string of the molecule is C[C@@H](C(=O)N(C)Cc1ccccn1)N1CC[C@H](NS(=O)(=O)c2ccc3cc(Cl)ccc3c2)C1=O. The number of benzene rings is 2. The van der Waals surface area contributed by atoms with Crippen LogP contribution in [0.15, 0.2) is 65.7 Å². The number of hydrogen-bond donors (Lipinski definition) is 1. The van der Waals surface area contributed by atoms with E-state index in [1.54, 1.807) is 56.6 Å². The van der Waals surface area contributed by atoms with Crippen LogP contribution >= 0.6 is 11.6 Å². The second-order valence-corrected chi connectivity index (χ2v) is 10.5. The van der Waals surface area contributed by atoms with Gasteiger partial charge in [0.1, 0.15) is 12.1 Å². The first-order chi connectivity index (χ1) is 16.2. The minimum atomic E-state index is -3.94. The highest BCUT2D eigenvalue weighted by atomic mass is 35.5. The second-order valence-electron chi connectivity index (χ2n) is 8.34. The third-order valence-electron chi connectivity index (χ3n) is 5.95. The third-order valence-corrected chi connectivity index (χ3v) is 7.65. The van der Waals surface area contributed by atoms with Gasteiger partial charge < -0.3 is 9.80 Å². The van der Waals surface area contributed by atoms with E-state index in [0.717, 1.165) is 16.5 Å². The van der Waals surface area contributed by atoms with Crippen LogP contribution in [0, 0.1) is 0 Å². The molecule has 0 spiro atoms. The molecule has 1 saturated heterocycles. The molecule has 0 unspecified atom stereocenters. The second kappa shape index (κ2) is 9.69. The number of nitrogens with zero attached hydrogens (tertiary/aromatic N) is 3. The minimum absolute atomic E-state index is 0.0628. The lowest BCUT2D eigenvalue weighted by atomic mass is 10.1. The summed E-state index contributed by atoms with van der Waals surface area (Å²) in [5.74, 6) is -0.654. The molecule has 1 N–H and O–H groups in total. The van der Waals surface area contributed by atoms with Gasteiger partial charge in [0.05, 0.1) is 17.1 Å². The van der Waals surface area contributed by atoms with Crippen molar-refractivity contribution in [2.45, 2.75) is 36.9 Å². The molecule has 2 amide bonds. The molecule has 1 fully saturated rings. The Morgan fingerprint density at radius 3 is 2.68 bits per heavy atom. The first-order valence-corrected chi connectivity index (χ1v) is 12.7. The molecule has 0 bridgehead atoms. The maximum atomic E-state index is 13.0. The quantitative estimate of drug-likeness (QED) is 0.537. The summed E-state index contributed by atoms with van der Waals surface area (Å²) >= 11 is 6.00. The molecule has 3 aromatic rings. The van der Waals surface area contributed by atoms with Crippen molar-refractivity contribution in [2.75, 3.05) is 13.6 Å². The van der Waals surface area contributed by atoms with Gasteiger partial charge >= 0.3 is 0 Å². The molecule has 4 rings (SSSR count). The van der Waals surface area contributed by atoms with Crippen LogP contribution < -0.4 is 4.72 Å². The first-order valence-electron chi connectivity index (χ1n) is 10.8. The molecule has 34 heavy (non-hydrogen) atoms. The van der Waals surface area contributed by atoms with Gasteiger partial charge in [0.25, 0.3) is 0 Å². The molecule has 0 saturated carbocycles. The number of sulfonamides is 1. The number of halogens is 1. The van der Waals surface area contributed by atoms with Gasteiger partial charge in [-0.15, -0.1) is 0 Å². The highest BCUT2D eigenvalue weighted by Gasteiger charge is 2.39. The summed E-state index contributed by atoms with van der Waals surface area (Å²) < 4.78 is 28.5. The van der Waals surface area contributed by atoms with Crippen LogP contribution in [0.2, 0.25) is 5.02 Å². The van der Waals surface area contributed by atoms with Gasteiger partial charge in [-0.3, -0.25) is 14.6 Å². The van der Waals surface area contributed by atoms with Gasteiger partial charge in [0, 0.05) is 24.8 Å². The normalized spacial score (nSPS) is 17.2. The molecule has 0 aliphatic carbocycles. The lowest BCUT2D eigenvalue weighted by Crippen LogP contribution is -2.49. The molecular formula is C24H25ClN4O4S. The Morgan fingerprint density at radius 2 is 1.94 bits per heavy atom. The zero-order valence-electron chi connectivity index (χ0n) is 18.8. The zero-order valence-corrected chi connectivity index (χ0v) is 20.4. The fourth-order valence-corrected chi connectivity index (χ4v) is 5.52. The monoisotopic (exact) mass is 500 g/mol. The molecule has 0 radical (unpaired) electrons. The number of nitrogens with one attached hydrogen (secondary N) is 1. The number of hydrogen-bond acceptors (Lipinski definition) is 5. The van der Waals surface area contributed by atoms with Crippen molar-refractivity contribution in [2.24, 2.45) is 0 Å². The Morgan fingerprint density at radius 1 is 1.21 bits per heavy atom. The van der Waals surface area contributed by atoms with E-state index < -0.39 is 28.0 Å². The van der Waals surface area contributed by atoms with Gasteiger partial charge in [0.2, 0.25) is 21.8 Å². The number of amides is 2. The fourth-order valence-electron chi connectivity index (χ4n) is 4.08. The van der Waals surface area contributed by atoms with Crippen molar-refractivity contribution >= 4 is 44.2 Å². The summed E-state index contributed by atoms with van der Waals surface area (Å²) in [4.78, 5) is 33.1. The van der Waals surface area contributed by atoms with Gasteiger partial charge in [0.15, 0.2) is 0 Å². The number of pyridine rings is 1. The van der Waals surface area contributed by atoms with Crippen molar-refractivity contribution in [3.05, 3.63) is 71.5 Å². The number of likely N-dealkylation sites (N-methyl/N-ethyl adjacent to an activating group) is 1. The van der Waals surface area contributed by atoms with Crippen molar-refractivity contribution < 1.29 is 18.0 Å². The fraction of sp³-hybridized carbons (Fsp3) is 0.292. The van der Waals surface area contributed by atoms with E-state index >= 15 is 0 Å². The number of carbonyl (C=O) groups excluding carboxylic acids is 2. The maximum Gasteiger partial charge on any atom is 0.245 e. The standard InChI is InChI=1S/C24H25ClN4O4S/c1-16(23(30)28(2)15-20-5-3-4-11-26-20)29-12-10-22(24(29)31)27-34(32,33)21-9-7-17-13-19(25)8-6-18(17)14-21/h3-9,11,13-14,16,22,27H,10,12,15H2,1-2H3/t16-,22-/m0/s1. The number of rotatable bonds is 7. The molecule has 2 heterocycles. The van der Waals surface area contributed by atoms with Crippen LogP contribution in [-0.4, -0.2) is 60.7 Å². The molecular weight excluding hydrogens is 476 g/mol. The van der Waals surface area contributed by atoms with E-state index in [4.69, 9.17) is 11.6 Å². The maximum absolute atomic E-state index is 13.0. The molecule has 1 aliphatic heterocycles. The molecule has 2 atom stereocenters. The Hall–Kier alpha value is -3.01. The predicted molar refractivity (Wildman–Crippen MR) is 130 cm³/mol. The molecule has 1 aromatic heterocycles. The van der Waals surface area contributed by atoms with E-state index in [1.807, 2.05) is 12.1 Å². The summed E-state index contributed by atoms with van der Waals surface area (Å²) in [7, 11) is -2.28. The van der Waals surface area contributed by atoms with E-state index in [2.05, 4.69) is 9.71 Å². The summed E-state index contributed by atoms with van der Waals surface area (Å²) in [6.07, 6.45) is 1.94. The Kier molecular flexibility index (Phi) is 6.88. The lowest BCUT2D eigenvalue weighted by molar-refractivity contribution is -0.142. The minimum Gasteiger partial charge on any atom is -0.338 e. The predicted octanol–water partition coefficient (Wildman–Crippen LogP) is 2.81. The smallest absolute Gasteiger partial charge is 0.245 e. The van der Waals surface area contributed by atoms with E-state index in [1.165, 1.54) is 15.9 Å².